The van der Waals surface area contributed by atoms with Gasteiger partial charge in [0.25, 0.3) is 0 Å². The number of nitrogens with zero attached hydrogens (tertiary/aromatic N) is 5. The number of tetrazole rings is 1. The van der Waals surface area contributed by atoms with Gasteiger partial charge in [-0.2, -0.15) is 4.68 Å². The molecule has 0 saturated heterocycles. The summed E-state index contributed by atoms with van der Waals surface area (Å²) in [5.74, 6) is -1.55. The van der Waals surface area contributed by atoms with E-state index in [4.69, 9.17) is 11.6 Å². The minimum absolute atomic E-state index is 0.207. The smallest absolute Gasteiger partial charge is 0.349 e. The van der Waals surface area contributed by atoms with Crippen LogP contribution in [-0.2, 0) is 20.7 Å². The number of hydrogen-bond donors (Lipinski definition) is 2. The Morgan fingerprint density at radius 2 is 2.00 bits per heavy atom. The van der Waals surface area contributed by atoms with Crippen LogP contribution in [0.2, 0.25) is 5.02 Å². The van der Waals surface area contributed by atoms with E-state index in [2.05, 4.69) is 35.9 Å². The summed E-state index contributed by atoms with van der Waals surface area (Å²) in [6.07, 6.45) is 5.81. The Labute approximate surface area is 220 Å². The lowest BCUT2D eigenvalue weighted by molar-refractivity contribution is -0.123. The van der Waals surface area contributed by atoms with Crippen LogP contribution in [0.1, 0.15) is 20.8 Å². The molecule has 0 saturated carbocycles. The zero-order valence-electron chi connectivity index (χ0n) is 19.4. The van der Waals surface area contributed by atoms with Crippen LogP contribution in [-0.4, -0.2) is 56.1 Å². The first-order valence-corrected chi connectivity index (χ1v) is 12.0. The van der Waals surface area contributed by atoms with Gasteiger partial charge in [-0.3, -0.25) is 9.59 Å². The van der Waals surface area contributed by atoms with E-state index in [1.165, 1.54) is 30.4 Å². The molecule has 0 spiro atoms. The van der Waals surface area contributed by atoms with Gasteiger partial charge in [0.2, 0.25) is 11.8 Å². The summed E-state index contributed by atoms with van der Waals surface area (Å²) < 4.78 is 6.11. The molecule has 2 N–H and O–H groups in total. The first-order chi connectivity index (χ1) is 17.9. The monoisotopic (exact) mass is 537 g/mol. The lowest BCUT2D eigenvalue weighted by Gasteiger charge is -2.17. The van der Waals surface area contributed by atoms with Crippen molar-refractivity contribution in [1.29, 1.82) is 0 Å². The second kappa shape index (κ2) is 12.0. The first-order valence-electron chi connectivity index (χ1n) is 10.8. The van der Waals surface area contributed by atoms with Gasteiger partial charge in [0.05, 0.1) is 19.0 Å². The number of carbonyl (C=O) groups excluding carboxylic acids is 3. The van der Waals surface area contributed by atoms with E-state index in [9.17, 15) is 14.4 Å². The minimum atomic E-state index is -0.927. The second-order valence-corrected chi connectivity index (χ2v) is 9.02. The van der Waals surface area contributed by atoms with E-state index in [0.29, 0.717) is 16.3 Å². The van der Waals surface area contributed by atoms with Crippen molar-refractivity contribution >= 4 is 51.9 Å². The summed E-state index contributed by atoms with van der Waals surface area (Å²) in [4.78, 5) is 41.9. The maximum Gasteiger partial charge on any atom is 0.349 e. The van der Waals surface area contributed by atoms with Crippen molar-refractivity contribution in [2.24, 2.45) is 0 Å². The zero-order chi connectivity index (χ0) is 26.2. The molecule has 188 valence electrons. The summed E-state index contributed by atoms with van der Waals surface area (Å²) in [5.41, 5.74) is 2.05. The van der Waals surface area contributed by atoms with E-state index in [-0.39, 0.29) is 16.4 Å². The number of carbonyl (C=O) groups is 3. The quantitative estimate of drug-likeness (QED) is 0.245. The molecule has 2 amide bonds. The number of halogens is 1. The Kier molecular flexibility index (Phi) is 8.33. The van der Waals surface area contributed by atoms with Crippen LogP contribution < -0.4 is 10.6 Å². The zero-order valence-corrected chi connectivity index (χ0v) is 20.9. The number of ether oxygens (including phenoxy) is 1. The molecule has 0 aliphatic heterocycles. The van der Waals surface area contributed by atoms with Crippen LogP contribution in [0.5, 0.6) is 0 Å². The molecule has 1 atom stereocenters. The molecule has 0 aliphatic carbocycles. The van der Waals surface area contributed by atoms with Gasteiger partial charge in [-0.15, -0.1) is 5.10 Å². The fourth-order valence-corrected chi connectivity index (χ4v) is 4.22. The maximum atomic E-state index is 13.1. The molecule has 0 bridgehead atoms. The molecule has 0 fully saturated rings. The number of nitrogens with one attached hydrogen (secondary N) is 2. The average molecular weight is 538 g/mol. The topological polar surface area (TPSA) is 141 Å². The van der Waals surface area contributed by atoms with Crippen molar-refractivity contribution < 1.29 is 19.1 Å². The van der Waals surface area contributed by atoms with E-state index >= 15 is 0 Å². The second-order valence-electron chi connectivity index (χ2n) is 7.55. The van der Waals surface area contributed by atoms with E-state index in [1.807, 2.05) is 30.3 Å². The van der Waals surface area contributed by atoms with Gasteiger partial charge >= 0.3 is 5.97 Å². The van der Waals surface area contributed by atoms with Gasteiger partial charge in [-0.1, -0.05) is 53.3 Å². The van der Waals surface area contributed by atoms with Crippen molar-refractivity contribution in [2.45, 2.75) is 12.5 Å². The van der Waals surface area contributed by atoms with Gasteiger partial charge in [-0.25, -0.2) is 9.78 Å². The Morgan fingerprint density at radius 1 is 1.19 bits per heavy atom. The number of thiazole rings is 1. The molecule has 13 heteroatoms. The Bertz CT molecular complexity index is 1420. The number of methoxy groups -OCH3 is 1. The average Bonchev–Trinajstić information content (AvgIpc) is 3.60. The van der Waals surface area contributed by atoms with E-state index < -0.39 is 23.8 Å². The number of hydrogen-bond acceptors (Lipinski definition) is 9. The SMILES string of the molecule is COC(=O)c1cnc(NC(=O)C(Cc2ccccc2)NC(=O)C=Cc2cc(Cl)ccc2-n2cnnn2)s1. The minimum Gasteiger partial charge on any atom is -0.465 e. The molecule has 2 aromatic carbocycles. The normalized spacial score (nSPS) is 11.7. The molecule has 11 nitrogen and oxygen atoms in total. The third-order valence-electron chi connectivity index (χ3n) is 5.04. The number of benzene rings is 2. The van der Waals surface area contributed by atoms with Crippen LogP contribution in [0, 0.1) is 0 Å². The van der Waals surface area contributed by atoms with Crippen LogP contribution in [0.3, 0.4) is 0 Å². The summed E-state index contributed by atoms with van der Waals surface area (Å²) >= 11 is 7.11. The Balaban J connectivity index is 1.51. The van der Waals surface area contributed by atoms with Gasteiger partial charge in [-0.05, 0) is 40.3 Å². The van der Waals surface area contributed by atoms with E-state index in [0.717, 1.165) is 16.9 Å². The van der Waals surface area contributed by atoms with Crippen molar-refractivity contribution in [3.63, 3.8) is 0 Å². The van der Waals surface area contributed by atoms with Gasteiger partial charge in [0.15, 0.2) is 5.13 Å². The van der Waals surface area contributed by atoms with Crippen molar-refractivity contribution in [3.8, 4) is 5.69 Å². The summed E-state index contributed by atoms with van der Waals surface area (Å²) in [6.45, 7) is 0. The predicted octanol–water partition coefficient (Wildman–Crippen LogP) is 2.94. The van der Waals surface area contributed by atoms with Crippen molar-refractivity contribution in [2.75, 3.05) is 12.4 Å². The molecule has 4 rings (SSSR count). The first kappa shape index (κ1) is 25.7. The molecule has 0 aliphatic rings. The highest BCUT2D eigenvalue weighted by atomic mass is 35.5. The molecule has 37 heavy (non-hydrogen) atoms. The lowest BCUT2D eigenvalue weighted by atomic mass is 10.1. The van der Waals surface area contributed by atoms with Crippen LogP contribution >= 0.6 is 22.9 Å². The summed E-state index contributed by atoms with van der Waals surface area (Å²) in [6, 6.07) is 13.4. The fraction of sp³-hybridized carbons (Fsp3) is 0.125. The number of esters is 1. The third kappa shape index (κ3) is 6.84. The highest BCUT2D eigenvalue weighted by Gasteiger charge is 2.22. The maximum absolute atomic E-state index is 13.1. The number of amides is 2. The van der Waals surface area contributed by atoms with E-state index in [1.54, 1.807) is 24.3 Å². The molecule has 2 aromatic heterocycles. The van der Waals surface area contributed by atoms with Crippen LogP contribution in [0.4, 0.5) is 5.13 Å². The Hall–Kier alpha value is -4.42. The van der Waals surface area contributed by atoms with Crippen LogP contribution in [0.25, 0.3) is 11.8 Å². The molecular formula is C24H20ClN7O4S. The van der Waals surface area contributed by atoms with Gasteiger partial charge in [0, 0.05) is 23.1 Å². The largest absolute Gasteiger partial charge is 0.465 e. The van der Waals surface area contributed by atoms with Gasteiger partial charge in [0.1, 0.15) is 17.2 Å². The Morgan fingerprint density at radius 3 is 2.73 bits per heavy atom. The van der Waals surface area contributed by atoms with Crippen molar-refractivity contribution in [3.05, 3.63) is 88.2 Å². The summed E-state index contributed by atoms with van der Waals surface area (Å²) in [5, 5.41) is 17.2. The standard InChI is InChI=1S/C24H20ClN7O4S/c1-36-23(35)20-13-26-24(37-20)29-22(34)18(11-15-5-3-2-4-6-15)28-21(33)10-7-16-12-17(25)8-9-19(16)32-14-27-30-31-32/h2-10,12-14,18H,11H2,1H3,(H,28,33)(H,26,29,34). The molecule has 1 unspecified atom stereocenters. The highest BCUT2D eigenvalue weighted by molar-refractivity contribution is 7.17. The third-order valence-corrected chi connectivity index (χ3v) is 6.17. The number of rotatable bonds is 9. The van der Waals surface area contributed by atoms with Crippen LogP contribution in [0.15, 0.2) is 67.1 Å². The van der Waals surface area contributed by atoms with Crippen molar-refractivity contribution in [1.82, 2.24) is 30.5 Å². The number of aromatic nitrogens is 5. The predicted molar refractivity (Wildman–Crippen MR) is 137 cm³/mol. The molecule has 0 radical (unpaired) electrons. The fourth-order valence-electron chi connectivity index (χ4n) is 3.30. The molecule has 2 heterocycles. The number of anilines is 1. The summed E-state index contributed by atoms with van der Waals surface area (Å²) in [7, 11) is 1.26. The lowest BCUT2D eigenvalue weighted by Crippen LogP contribution is -2.44. The van der Waals surface area contributed by atoms with Gasteiger partial charge < -0.3 is 15.4 Å². The molecular weight excluding hydrogens is 518 g/mol. The highest BCUT2D eigenvalue weighted by Crippen LogP contribution is 2.21. The molecule has 4 aromatic rings.